The molecule has 2 aromatic rings. The van der Waals surface area contributed by atoms with Crippen molar-refractivity contribution in [2.45, 2.75) is 20.4 Å². The van der Waals surface area contributed by atoms with Crippen molar-refractivity contribution >= 4 is 29.3 Å². The third kappa shape index (κ3) is 3.93. The summed E-state index contributed by atoms with van der Waals surface area (Å²) in [7, 11) is 0. The minimum atomic E-state index is -0.298. The Kier molecular flexibility index (Phi) is 5.78. The van der Waals surface area contributed by atoms with E-state index in [9.17, 15) is 14.7 Å². The lowest BCUT2D eigenvalue weighted by Gasteiger charge is -2.34. The number of aryl methyl sites for hydroxylation is 1. The second-order valence-electron chi connectivity index (χ2n) is 7.31. The van der Waals surface area contributed by atoms with Crippen LogP contribution in [0.2, 0.25) is 0 Å². The van der Waals surface area contributed by atoms with Crippen LogP contribution in [0.4, 0.5) is 4.79 Å². The number of Topliss-reactive ketones (excluding diaryl/α,β-unsaturated/α-hetero) is 1. The molecule has 0 spiro atoms. The normalized spacial score (nSPS) is 17.9. The van der Waals surface area contributed by atoms with E-state index in [0.717, 1.165) is 4.88 Å². The topological polar surface area (TPSA) is 79.3 Å². The lowest BCUT2D eigenvalue weighted by molar-refractivity contribution is 0.0774. The summed E-state index contributed by atoms with van der Waals surface area (Å²) in [6.07, 6.45) is 1.44. The Morgan fingerprint density at radius 1 is 1.33 bits per heavy atom. The first-order valence-electron chi connectivity index (χ1n) is 9.95. The summed E-state index contributed by atoms with van der Waals surface area (Å²) in [5.41, 5.74) is 1.80. The van der Waals surface area contributed by atoms with Crippen molar-refractivity contribution in [3.63, 3.8) is 0 Å². The number of fused-ring (bicyclic) bond motifs is 1. The number of amides is 1. The van der Waals surface area contributed by atoms with Crippen LogP contribution in [-0.4, -0.2) is 59.6 Å². The van der Waals surface area contributed by atoms with Gasteiger partial charge in [0.05, 0.1) is 17.7 Å². The largest absolute Gasteiger partial charge is 0.507 e. The van der Waals surface area contributed by atoms with Gasteiger partial charge in [-0.15, -0.1) is 11.3 Å². The van der Waals surface area contributed by atoms with E-state index < -0.39 is 0 Å². The molecule has 3 heterocycles. The summed E-state index contributed by atoms with van der Waals surface area (Å²) in [5.74, 6) is 0.663. The van der Waals surface area contributed by atoms with Gasteiger partial charge < -0.3 is 19.5 Å². The first kappa shape index (κ1) is 20.4. The number of ether oxygens (including phenoxy) is 2. The van der Waals surface area contributed by atoms with Crippen LogP contribution in [0.25, 0.3) is 6.08 Å². The van der Waals surface area contributed by atoms with E-state index in [0.29, 0.717) is 61.8 Å². The maximum atomic E-state index is 12.9. The van der Waals surface area contributed by atoms with Gasteiger partial charge in [0.15, 0.2) is 5.76 Å². The number of carbonyl (C=O) groups excluding carboxylic acids is 2. The third-order valence-corrected chi connectivity index (χ3v) is 6.14. The number of phenols is 1. The van der Waals surface area contributed by atoms with Crippen molar-refractivity contribution in [2.75, 3.05) is 32.8 Å². The molecule has 1 aromatic carbocycles. The zero-order chi connectivity index (χ0) is 21.3. The predicted molar refractivity (Wildman–Crippen MR) is 114 cm³/mol. The fourth-order valence-corrected chi connectivity index (χ4v) is 4.41. The fourth-order valence-electron chi connectivity index (χ4n) is 3.76. The van der Waals surface area contributed by atoms with E-state index in [4.69, 9.17) is 9.47 Å². The summed E-state index contributed by atoms with van der Waals surface area (Å²) < 4.78 is 11.0. The zero-order valence-corrected chi connectivity index (χ0v) is 17.8. The number of rotatable bonds is 4. The Balaban J connectivity index is 1.54. The minimum absolute atomic E-state index is 0.115. The highest BCUT2D eigenvalue weighted by Gasteiger charge is 2.34. The minimum Gasteiger partial charge on any atom is -0.507 e. The van der Waals surface area contributed by atoms with Gasteiger partial charge >= 0.3 is 6.09 Å². The van der Waals surface area contributed by atoms with Gasteiger partial charge in [0.2, 0.25) is 5.78 Å². The van der Waals surface area contributed by atoms with Crippen LogP contribution < -0.4 is 4.74 Å². The van der Waals surface area contributed by atoms with Gasteiger partial charge in [0, 0.05) is 43.7 Å². The van der Waals surface area contributed by atoms with Crippen LogP contribution in [0.15, 0.2) is 29.3 Å². The summed E-state index contributed by atoms with van der Waals surface area (Å²) in [4.78, 5) is 29.6. The third-order valence-electron chi connectivity index (χ3n) is 5.32. The molecular weight excluding hydrogens is 404 g/mol. The van der Waals surface area contributed by atoms with Crippen LogP contribution in [-0.2, 0) is 11.3 Å². The molecule has 8 heteroatoms. The monoisotopic (exact) mass is 428 g/mol. The van der Waals surface area contributed by atoms with E-state index in [1.54, 1.807) is 30.9 Å². The highest BCUT2D eigenvalue weighted by Crippen LogP contribution is 2.42. The lowest BCUT2D eigenvalue weighted by atomic mass is 9.99. The molecule has 7 nitrogen and oxygen atoms in total. The molecule has 0 atom stereocenters. The molecule has 0 unspecified atom stereocenters. The Morgan fingerprint density at radius 3 is 2.77 bits per heavy atom. The molecule has 0 saturated carbocycles. The van der Waals surface area contributed by atoms with Crippen LogP contribution in [0, 0.1) is 6.92 Å². The molecule has 1 saturated heterocycles. The van der Waals surface area contributed by atoms with Crippen molar-refractivity contribution in [1.82, 2.24) is 9.80 Å². The standard InChI is InChI=1S/C22H24N2O5S/c1-3-28-22(27)24-8-6-23(7-9-24)13-16-17(25)11-14(2)19-20(26)18(29-21(16)19)12-15-5-4-10-30-15/h4-5,10-12,25H,3,6-9,13H2,1-2H3/b18-12-. The Hall–Kier alpha value is -2.84. The average molecular weight is 429 g/mol. The Morgan fingerprint density at radius 2 is 2.10 bits per heavy atom. The molecule has 1 aromatic heterocycles. The van der Waals surface area contributed by atoms with Crippen molar-refractivity contribution < 1.29 is 24.2 Å². The first-order valence-corrected chi connectivity index (χ1v) is 10.8. The molecule has 0 bridgehead atoms. The highest BCUT2D eigenvalue weighted by atomic mass is 32.1. The van der Waals surface area contributed by atoms with Crippen LogP contribution in [0.1, 0.15) is 33.3 Å². The SMILES string of the molecule is CCOC(=O)N1CCN(Cc2c(O)cc(C)c3c2O/C(=C\c2cccs2)C3=O)CC1. The van der Waals surface area contributed by atoms with Crippen molar-refractivity contribution in [2.24, 2.45) is 0 Å². The molecule has 158 valence electrons. The average Bonchev–Trinajstić information content (AvgIpc) is 3.34. The summed E-state index contributed by atoms with van der Waals surface area (Å²) in [5, 5.41) is 12.5. The number of allylic oxidation sites excluding steroid dienone is 1. The van der Waals surface area contributed by atoms with Crippen molar-refractivity contribution in [3.05, 3.63) is 50.9 Å². The zero-order valence-electron chi connectivity index (χ0n) is 17.0. The first-order chi connectivity index (χ1) is 14.5. The smallest absolute Gasteiger partial charge is 0.409 e. The Bertz CT molecular complexity index is 991. The van der Waals surface area contributed by atoms with E-state index in [1.807, 2.05) is 17.5 Å². The van der Waals surface area contributed by atoms with Gasteiger partial charge in [-0.3, -0.25) is 9.69 Å². The molecule has 4 rings (SSSR count). The number of hydrogen-bond acceptors (Lipinski definition) is 7. The second kappa shape index (κ2) is 8.49. The number of aromatic hydroxyl groups is 1. The van der Waals surface area contributed by atoms with Gasteiger partial charge in [0.25, 0.3) is 0 Å². The number of phenolic OH excluding ortho intramolecular Hbond substituents is 1. The Labute approximate surface area is 179 Å². The van der Waals surface area contributed by atoms with Crippen LogP contribution in [0.3, 0.4) is 0 Å². The molecule has 1 N–H and O–H groups in total. The van der Waals surface area contributed by atoms with Crippen LogP contribution >= 0.6 is 11.3 Å². The van der Waals surface area contributed by atoms with Gasteiger partial charge in [-0.1, -0.05) is 6.07 Å². The molecule has 1 fully saturated rings. The number of hydrogen-bond donors (Lipinski definition) is 1. The number of benzene rings is 1. The molecule has 2 aliphatic rings. The van der Waals surface area contributed by atoms with Crippen molar-refractivity contribution in [1.29, 1.82) is 0 Å². The number of nitrogens with zero attached hydrogens (tertiary/aromatic N) is 2. The van der Waals surface area contributed by atoms with Gasteiger partial charge in [-0.25, -0.2) is 4.79 Å². The van der Waals surface area contributed by atoms with Gasteiger partial charge in [-0.2, -0.15) is 0 Å². The summed E-state index contributed by atoms with van der Waals surface area (Å²) in [6, 6.07) is 5.46. The predicted octanol–water partition coefficient (Wildman–Crippen LogP) is 3.65. The number of piperazine rings is 1. The van der Waals surface area contributed by atoms with Crippen molar-refractivity contribution in [3.8, 4) is 11.5 Å². The number of ketones is 1. The van der Waals surface area contributed by atoms with E-state index in [2.05, 4.69) is 4.90 Å². The van der Waals surface area contributed by atoms with Gasteiger partial charge in [-0.05, 0) is 36.9 Å². The molecule has 1 amide bonds. The molecule has 30 heavy (non-hydrogen) atoms. The van der Waals surface area contributed by atoms with Crippen LogP contribution in [0.5, 0.6) is 11.5 Å². The van der Waals surface area contributed by atoms with E-state index >= 15 is 0 Å². The number of thiophene rings is 1. The maximum absolute atomic E-state index is 12.9. The molecule has 0 aliphatic carbocycles. The lowest BCUT2D eigenvalue weighted by Crippen LogP contribution is -2.48. The van der Waals surface area contributed by atoms with Gasteiger partial charge in [0.1, 0.15) is 11.5 Å². The van der Waals surface area contributed by atoms with E-state index in [1.165, 1.54) is 11.3 Å². The molecule has 2 aliphatic heterocycles. The fraction of sp³-hybridized carbons (Fsp3) is 0.364. The summed E-state index contributed by atoms with van der Waals surface area (Å²) in [6.45, 7) is 6.78. The highest BCUT2D eigenvalue weighted by molar-refractivity contribution is 7.10. The molecular formula is C22H24N2O5S. The quantitative estimate of drug-likeness (QED) is 0.749. The molecule has 0 radical (unpaired) electrons. The number of carbonyl (C=O) groups is 2. The maximum Gasteiger partial charge on any atom is 0.409 e. The summed E-state index contributed by atoms with van der Waals surface area (Å²) >= 11 is 1.53. The van der Waals surface area contributed by atoms with E-state index in [-0.39, 0.29) is 23.4 Å². The second-order valence-corrected chi connectivity index (χ2v) is 8.29.